The normalized spacial score (nSPS) is 11.5. The van der Waals surface area contributed by atoms with Crippen LogP contribution >= 0.6 is 15.9 Å². The van der Waals surface area contributed by atoms with Crippen LogP contribution in [0.5, 0.6) is 11.5 Å². The number of hydrogen-bond donors (Lipinski definition) is 2. The van der Waals surface area contributed by atoms with E-state index in [1.807, 2.05) is 20.0 Å². The maximum absolute atomic E-state index is 9.69. The smallest absolute Gasteiger partial charge is 0.139 e. The van der Waals surface area contributed by atoms with E-state index in [1.54, 1.807) is 36.7 Å². The van der Waals surface area contributed by atoms with E-state index in [0.717, 1.165) is 9.94 Å². The summed E-state index contributed by atoms with van der Waals surface area (Å²) in [5.41, 5.74) is 2.44. The maximum atomic E-state index is 9.69. The van der Waals surface area contributed by atoms with Gasteiger partial charge in [-0.05, 0) is 24.3 Å². The SMILES string of the molecule is Bc1ccc(O)c(/C=N/CC/N=C/c2cc(Br)ccc2O)c1. The fourth-order valence-electron chi connectivity index (χ4n) is 1.85. The molecule has 0 heterocycles. The first kappa shape index (κ1) is 16.3. The first-order chi connectivity index (χ1) is 10.6. The monoisotopic (exact) mass is 358 g/mol. The molecule has 0 aliphatic rings. The molecule has 0 fully saturated rings. The van der Waals surface area contributed by atoms with Gasteiger partial charge in [0.15, 0.2) is 0 Å². The summed E-state index contributed by atoms with van der Waals surface area (Å²) in [6, 6.07) is 10.6. The molecule has 2 aromatic rings. The zero-order valence-electron chi connectivity index (χ0n) is 12.2. The molecule has 0 atom stereocenters. The van der Waals surface area contributed by atoms with Gasteiger partial charge in [0.1, 0.15) is 19.3 Å². The second kappa shape index (κ2) is 7.80. The molecule has 0 aliphatic heterocycles. The molecule has 0 spiro atoms. The summed E-state index contributed by atoms with van der Waals surface area (Å²) >= 11 is 3.35. The molecule has 2 aromatic carbocycles. The number of phenolic OH excluding ortho intramolecular Hbond substituents is 2. The molecule has 4 nitrogen and oxygen atoms in total. The van der Waals surface area contributed by atoms with Crippen LogP contribution in [0.15, 0.2) is 50.9 Å². The summed E-state index contributed by atoms with van der Waals surface area (Å²) in [5.74, 6) is 0.414. The van der Waals surface area contributed by atoms with Crippen molar-refractivity contribution in [1.82, 2.24) is 0 Å². The highest BCUT2D eigenvalue weighted by Gasteiger charge is 1.98. The number of hydrogen-bond acceptors (Lipinski definition) is 4. The van der Waals surface area contributed by atoms with Gasteiger partial charge >= 0.3 is 0 Å². The second-order valence-electron chi connectivity index (χ2n) is 4.84. The molecule has 112 valence electrons. The number of halogens is 1. The Kier molecular flexibility index (Phi) is 5.78. The van der Waals surface area contributed by atoms with Crippen LogP contribution < -0.4 is 5.46 Å². The Hall–Kier alpha value is -2.08. The zero-order valence-corrected chi connectivity index (χ0v) is 13.8. The van der Waals surface area contributed by atoms with Gasteiger partial charge < -0.3 is 10.2 Å². The summed E-state index contributed by atoms with van der Waals surface area (Å²) in [4.78, 5) is 8.48. The standard InChI is InChI=1S/C16H16BBrN2O2/c17-13-1-3-15(21)11(7-13)9-19-5-6-20-10-12-8-14(18)2-4-16(12)22/h1-4,7-10,21-22H,5-6,17H2/b19-9+,20-10+. The van der Waals surface area contributed by atoms with Gasteiger partial charge in [-0.15, -0.1) is 0 Å². The summed E-state index contributed by atoms with van der Waals surface area (Å²) < 4.78 is 0.889. The van der Waals surface area contributed by atoms with Gasteiger partial charge in [-0.1, -0.05) is 33.5 Å². The minimum absolute atomic E-state index is 0.195. The van der Waals surface area contributed by atoms with Crippen LogP contribution in [0.3, 0.4) is 0 Å². The Morgan fingerprint density at radius 2 is 1.45 bits per heavy atom. The van der Waals surface area contributed by atoms with Crippen molar-refractivity contribution < 1.29 is 10.2 Å². The van der Waals surface area contributed by atoms with Crippen molar-refractivity contribution in [3.05, 3.63) is 52.0 Å². The van der Waals surface area contributed by atoms with Crippen LogP contribution in [0.25, 0.3) is 0 Å². The van der Waals surface area contributed by atoms with Crippen LogP contribution in [-0.4, -0.2) is 43.6 Å². The molecule has 0 amide bonds. The average Bonchev–Trinajstić information content (AvgIpc) is 2.49. The summed E-state index contributed by atoms with van der Waals surface area (Å²) in [6.07, 6.45) is 3.27. The van der Waals surface area contributed by atoms with Gasteiger partial charge in [0.05, 0.1) is 13.1 Å². The van der Waals surface area contributed by atoms with E-state index in [0.29, 0.717) is 24.2 Å². The van der Waals surface area contributed by atoms with E-state index in [2.05, 4.69) is 25.9 Å². The Morgan fingerprint density at radius 3 is 2.09 bits per heavy atom. The number of aliphatic imine (C=N–C) groups is 2. The fraction of sp³-hybridized carbons (Fsp3) is 0.125. The molecular formula is C16H16BBrN2O2. The first-order valence-corrected chi connectivity index (χ1v) is 7.63. The highest BCUT2D eigenvalue weighted by atomic mass is 79.9. The minimum Gasteiger partial charge on any atom is -0.507 e. The van der Waals surface area contributed by atoms with Crippen molar-refractivity contribution in [2.45, 2.75) is 0 Å². The van der Waals surface area contributed by atoms with Crippen LogP contribution in [0.1, 0.15) is 11.1 Å². The molecule has 0 aliphatic carbocycles. The largest absolute Gasteiger partial charge is 0.507 e. The van der Waals surface area contributed by atoms with E-state index in [-0.39, 0.29) is 11.5 Å². The number of rotatable bonds is 5. The van der Waals surface area contributed by atoms with Crippen LogP contribution in [0.2, 0.25) is 0 Å². The fourth-order valence-corrected chi connectivity index (χ4v) is 2.23. The Bertz CT molecular complexity index is 656. The number of nitrogens with zero attached hydrogens (tertiary/aromatic N) is 2. The van der Waals surface area contributed by atoms with E-state index in [9.17, 15) is 10.2 Å². The van der Waals surface area contributed by atoms with Crippen LogP contribution in [0, 0.1) is 0 Å². The lowest BCUT2D eigenvalue weighted by atomic mass is 9.94. The van der Waals surface area contributed by atoms with E-state index in [1.165, 1.54) is 0 Å². The predicted octanol–water partition coefficient (Wildman–Crippen LogP) is 1.66. The third-order valence-electron chi connectivity index (χ3n) is 2.99. The lowest BCUT2D eigenvalue weighted by Gasteiger charge is -2.00. The van der Waals surface area contributed by atoms with E-state index < -0.39 is 0 Å². The maximum Gasteiger partial charge on any atom is 0.139 e. The van der Waals surface area contributed by atoms with Gasteiger partial charge in [0.25, 0.3) is 0 Å². The molecule has 2 rings (SSSR count). The molecule has 2 N–H and O–H groups in total. The molecule has 0 aromatic heterocycles. The lowest BCUT2D eigenvalue weighted by molar-refractivity contribution is 0.474. The van der Waals surface area contributed by atoms with Crippen molar-refractivity contribution in [2.24, 2.45) is 9.98 Å². The Labute approximate surface area is 138 Å². The summed E-state index contributed by atoms with van der Waals surface area (Å²) in [5, 5.41) is 19.4. The highest BCUT2D eigenvalue weighted by molar-refractivity contribution is 9.10. The van der Waals surface area contributed by atoms with Gasteiger partial charge in [-0.25, -0.2) is 0 Å². The Morgan fingerprint density at radius 1 is 0.909 bits per heavy atom. The van der Waals surface area contributed by atoms with Gasteiger partial charge in [-0.3, -0.25) is 9.98 Å². The third-order valence-corrected chi connectivity index (χ3v) is 3.48. The molecular weight excluding hydrogens is 343 g/mol. The third kappa shape index (κ3) is 4.74. The van der Waals surface area contributed by atoms with Gasteiger partial charge in [0.2, 0.25) is 0 Å². The molecule has 22 heavy (non-hydrogen) atoms. The number of phenols is 2. The Balaban J connectivity index is 1.89. The molecule has 0 bridgehead atoms. The molecule has 0 unspecified atom stereocenters. The molecule has 0 saturated heterocycles. The van der Waals surface area contributed by atoms with Crippen molar-refractivity contribution >= 4 is 41.7 Å². The highest BCUT2D eigenvalue weighted by Crippen LogP contribution is 2.20. The van der Waals surface area contributed by atoms with Gasteiger partial charge in [-0.2, -0.15) is 0 Å². The van der Waals surface area contributed by atoms with Gasteiger partial charge in [0, 0.05) is 28.0 Å². The number of aromatic hydroxyl groups is 2. The first-order valence-electron chi connectivity index (χ1n) is 6.84. The van der Waals surface area contributed by atoms with Crippen molar-refractivity contribution in [3.63, 3.8) is 0 Å². The molecule has 0 saturated carbocycles. The molecule has 6 heteroatoms. The lowest BCUT2D eigenvalue weighted by Crippen LogP contribution is -2.02. The van der Waals surface area contributed by atoms with Crippen molar-refractivity contribution in [1.29, 1.82) is 0 Å². The second-order valence-corrected chi connectivity index (χ2v) is 5.75. The van der Waals surface area contributed by atoms with E-state index >= 15 is 0 Å². The van der Waals surface area contributed by atoms with Crippen LogP contribution in [0.4, 0.5) is 0 Å². The quantitative estimate of drug-likeness (QED) is 0.485. The topological polar surface area (TPSA) is 65.2 Å². The number of benzene rings is 2. The summed E-state index contributed by atoms with van der Waals surface area (Å²) in [7, 11) is 1.96. The zero-order chi connectivity index (χ0) is 15.9. The summed E-state index contributed by atoms with van der Waals surface area (Å²) in [6.45, 7) is 1.02. The molecule has 0 radical (unpaired) electrons. The van der Waals surface area contributed by atoms with Crippen LogP contribution in [-0.2, 0) is 0 Å². The predicted molar refractivity (Wildman–Crippen MR) is 97.0 cm³/mol. The minimum atomic E-state index is 0.195. The average molecular weight is 359 g/mol. The van der Waals surface area contributed by atoms with Crippen molar-refractivity contribution in [2.75, 3.05) is 13.1 Å². The van der Waals surface area contributed by atoms with E-state index in [4.69, 9.17) is 0 Å². The van der Waals surface area contributed by atoms with Crippen molar-refractivity contribution in [3.8, 4) is 11.5 Å².